The molecule has 2 aromatic rings. The molecule has 7 heteroatoms. The van der Waals surface area contributed by atoms with Gasteiger partial charge in [0.25, 0.3) is 0 Å². The molecule has 3 aliphatic rings. The number of ether oxygens (including phenoxy) is 2. The summed E-state index contributed by atoms with van der Waals surface area (Å²) in [6.45, 7) is 6.64. The number of rotatable bonds is 6. The molecule has 2 saturated heterocycles. The highest BCUT2D eigenvalue weighted by Gasteiger charge is 2.29. The molecule has 0 N–H and O–H groups in total. The van der Waals surface area contributed by atoms with Crippen molar-refractivity contribution in [2.24, 2.45) is 11.8 Å². The zero-order valence-corrected chi connectivity index (χ0v) is 18.9. The van der Waals surface area contributed by atoms with E-state index in [1.165, 1.54) is 19.3 Å². The molecule has 174 valence electrons. The number of furan rings is 1. The van der Waals surface area contributed by atoms with Crippen molar-refractivity contribution in [3.63, 3.8) is 0 Å². The van der Waals surface area contributed by atoms with E-state index in [2.05, 4.69) is 14.8 Å². The molecule has 0 bridgehead atoms. The van der Waals surface area contributed by atoms with E-state index in [1.807, 2.05) is 18.3 Å². The Hall–Kier alpha value is -2.12. The van der Waals surface area contributed by atoms with Gasteiger partial charge in [0.05, 0.1) is 12.2 Å². The molecule has 32 heavy (non-hydrogen) atoms. The Bertz CT molecular complexity index is 878. The second-order valence-corrected chi connectivity index (χ2v) is 9.56. The van der Waals surface area contributed by atoms with E-state index in [-0.39, 0.29) is 18.0 Å². The summed E-state index contributed by atoms with van der Waals surface area (Å²) in [6.07, 6.45) is 11.0. The summed E-state index contributed by atoms with van der Waals surface area (Å²) in [5.74, 6) is 1.79. The largest absolute Gasteiger partial charge is 0.462 e. The quantitative estimate of drug-likeness (QED) is 0.631. The summed E-state index contributed by atoms with van der Waals surface area (Å²) >= 11 is 0. The predicted molar refractivity (Wildman–Crippen MR) is 123 cm³/mol. The minimum Gasteiger partial charge on any atom is -0.462 e. The minimum absolute atomic E-state index is 0.00866. The maximum Gasteiger partial charge on any atom is 0.309 e. The number of fused-ring (bicyclic) bond motifs is 1. The van der Waals surface area contributed by atoms with Crippen LogP contribution in [0, 0.1) is 11.8 Å². The first kappa shape index (κ1) is 21.7. The van der Waals surface area contributed by atoms with Crippen molar-refractivity contribution in [3.8, 4) is 0 Å². The molecule has 5 rings (SSSR count). The minimum atomic E-state index is 0.00866. The summed E-state index contributed by atoms with van der Waals surface area (Å²) in [5.41, 5.74) is 0.898. The molecule has 0 amide bonds. The van der Waals surface area contributed by atoms with Gasteiger partial charge in [-0.05, 0) is 69.5 Å². The van der Waals surface area contributed by atoms with Crippen LogP contribution in [0.1, 0.15) is 44.9 Å². The lowest BCUT2D eigenvalue weighted by Crippen LogP contribution is -2.47. The summed E-state index contributed by atoms with van der Waals surface area (Å²) in [4.78, 5) is 21.9. The van der Waals surface area contributed by atoms with Crippen LogP contribution < -0.4 is 4.90 Å². The number of piperazine rings is 1. The van der Waals surface area contributed by atoms with Crippen molar-refractivity contribution < 1.29 is 18.7 Å². The fourth-order valence-electron chi connectivity index (χ4n) is 5.38. The highest BCUT2D eigenvalue weighted by atomic mass is 16.5. The monoisotopic (exact) mass is 441 g/mol. The van der Waals surface area contributed by atoms with Crippen LogP contribution in [0.5, 0.6) is 0 Å². The van der Waals surface area contributed by atoms with E-state index in [4.69, 9.17) is 13.9 Å². The van der Waals surface area contributed by atoms with Crippen molar-refractivity contribution in [3.05, 3.63) is 24.6 Å². The topological polar surface area (TPSA) is 68.0 Å². The molecule has 7 nitrogen and oxygen atoms in total. The summed E-state index contributed by atoms with van der Waals surface area (Å²) in [5, 5.41) is 1.12. The van der Waals surface area contributed by atoms with Crippen LogP contribution in [-0.2, 0) is 14.3 Å². The van der Waals surface area contributed by atoms with Crippen LogP contribution in [0.3, 0.4) is 0 Å². The van der Waals surface area contributed by atoms with Gasteiger partial charge in [-0.1, -0.05) is 0 Å². The van der Waals surface area contributed by atoms with Gasteiger partial charge in [0, 0.05) is 51.0 Å². The molecule has 1 aliphatic carbocycles. The van der Waals surface area contributed by atoms with Crippen LogP contribution in [-0.4, -0.2) is 67.9 Å². The number of carbonyl (C=O) groups is 1. The fourth-order valence-corrected chi connectivity index (χ4v) is 5.38. The molecule has 2 aliphatic heterocycles. The molecule has 2 aromatic heterocycles. The highest BCUT2D eigenvalue weighted by molar-refractivity contribution is 5.87. The lowest BCUT2D eigenvalue weighted by atomic mass is 9.85. The Kier molecular flexibility index (Phi) is 6.93. The van der Waals surface area contributed by atoms with Gasteiger partial charge in [0.1, 0.15) is 6.10 Å². The Morgan fingerprint density at radius 2 is 1.81 bits per heavy atom. The van der Waals surface area contributed by atoms with Crippen molar-refractivity contribution in [2.75, 3.05) is 50.8 Å². The van der Waals surface area contributed by atoms with Crippen molar-refractivity contribution in [1.82, 2.24) is 9.88 Å². The van der Waals surface area contributed by atoms with Gasteiger partial charge in [-0.3, -0.25) is 9.69 Å². The Balaban J connectivity index is 1.01. The Morgan fingerprint density at radius 3 is 2.59 bits per heavy atom. The van der Waals surface area contributed by atoms with Gasteiger partial charge < -0.3 is 18.8 Å². The van der Waals surface area contributed by atoms with E-state index in [0.717, 1.165) is 81.1 Å². The van der Waals surface area contributed by atoms with Crippen LogP contribution >= 0.6 is 0 Å². The van der Waals surface area contributed by atoms with Gasteiger partial charge in [-0.25, -0.2) is 4.98 Å². The maximum atomic E-state index is 12.4. The highest BCUT2D eigenvalue weighted by Crippen LogP contribution is 2.31. The zero-order chi connectivity index (χ0) is 21.8. The van der Waals surface area contributed by atoms with Crippen LogP contribution in [0.4, 0.5) is 5.82 Å². The number of hydrogen-bond donors (Lipinski definition) is 0. The smallest absolute Gasteiger partial charge is 0.309 e. The second-order valence-electron chi connectivity index (χ2n) is 9.56. The third-order valence-corrected chi connectivity index (χ3v) is 7.51. The Morgan fingerprint density at radius 1 is 1.03 bits per heavy atom. The predicted octanol–water partition coefficient (Wildman–Crippen LogP) is 3.87. The van der Waals surface area contributed by atoms with Crippen molar-refractivity contribution in [1.29, 1.82) is 0 Å². The number of pyridine rings is 1. The van der Waals surface area contributed by atoms with Crippen molar-refractivity contribution in [2.45, 2.75) is 51.0 Å². The number of carbonyl (C=O) groups excluding carboxylic acids is 1. The molecule has 0 atom stereocenters. The van der Waals surface area contributed by atoms with E-state index in [0.29, 0.717) is 13.2 Å². The summed E-state index contributed by atoms with van der Waals surface area (Å²) in [7, 11) is 0. The SMILES string of the molecule is O=C(OC1CCC(CCN2CCN(c3nccc4ccoc34)CC2)CC1)C1CCOCC1. The van der Waals surface area contributed by atoms with Crippen LogP contribution in [0.15, 0.2) is 29.0 Å². The second kappa shape index (κ2) is 10.2. The van der Waals surface area contributed by atoms with E-state index in [9.17, 15) is 4.79 Å². The maximum absolute atomic E-state index is 12.4. The Labute approximate surface area is 190 Å². The zero-order valence-electron chi connectivity index (χ0n) is 18.9. The van der Waals surface area contributed by atoms with Gasteiger partial charge in [-0.2, -0.15) is 0 Å². The number of nitrogens with zero attached hydrogens (tertiary/aromatic N) is 3. The lowest BCUT2D eigenvalue weighted by Gasteiger charge is -2.36. The molecule has 1 saturated carbocycles. The van der Waals surface area contributed by atoms with E-state index < -0.39 is 0 Å². The van der Waals surface area contributed by atoms with Crippen LogP contribution in [0.25, 0.3) is 11.0 Å². The fraction of sp³-hybridized carbons (Fsp3) is 0.680. The normalized spacial score (nSPS) is 25.8. The van der Waals surface area contributed by atoms with Crippen molar-refractivity contribution >= 4 is 22.8 Å². The summed E-state index contributed by atoms with van der Waals surface area (Å²) < 4.78 is 16.8. The average Bonchev–Trinajstić information content (AvgIpc) is 3.34. The standard InChI is InChI=1S/C25H35N3O4/c29-25(21-7-16-30-17-8-21)32-22-3-1-19(2-4-22)6-11-27-12-14-28(15-13-27)24-23-20(5-10-26-24)9-18-31-23/h5,9-10,18-19,21-22H,1-4,6-8,11-17H2. The molecule has 3 fully saturated rings. The lowest BCUT2D eigenvalue weighted by molar-refractivity contribution is -0.159. The number of esters is 1. The first-order valence-corrected chi connectivity index (χ1v) is 12.3. The number of aromatic nitrogens is 1. The molecule has 4 heterocycles. The van der Waals surface area contributed by atoms with Gasteiger partial charge in [0.15, 0.2) is 11.4 Å². The molecule has 0 spiro atoms. The molecule has 0 unspecified atom stereocenters. The first-order valence-electron chi connectivity index (χ1n) is 12.3. The third kappa shape index (κ3) is 5.09. The number of anilines is 1. The van der Waals surface area contributed by atoms with Gasteiger partial charge in [-0.15, -0.1) is 0 Å². The molecule has 0 aromatic carbocycles. The molecular formula is C25H35N3O4. The average molecular weight is 442 g/mol. The number of hydrogen-bond acceptors (Lipinski definition) is 7. The van der Waals surface area contributed by atoms with Gasteiger partial charge >= 0.3 is 5.97 Å². The van der Waals surface area contributed by atoms with Crippen LogP contribution in [0.2, 0.25) is 0 Å². The van der Waals surface area contributed by atoms with E-state index in [1.54, 1.807) is 6.26 Å². The molecule has 0 radical (unpaired) electrons. The summed E-state index contributed by atoms with van der Waals surface area (Å²) in [6, 6.07) is 4.00. The first-order chi connectivity index (χ1) is 15.8. The molecular weight excluding hydrogens is 406 g/mol. The van der Waals surface area contributed by atoms with Gasteiger partial charge in [0.2, 0.25) is 0 Å². The third-order valence-electron chi connectivity index (χ3n) is 7.51. The van der Waals surface area contributed by atoms with E-state index >= 15 is 0 Å².